The second-order valence-corrected chi connectivity index (χ2v) is 8.62. The van der Waals surface area contributed by atoms with Crippen LogP contribution in [0.1, 0.15) is 11.1 Å². The molecule has 0 saturated heterocycles. The summed E-state index contributed by atoms with van der Waals surface area (Å²) >= 11 is 22.9. The minimum absolute atomic E-state index is 0.464. The van der Waals surface area contributed by atoms with Crippen LogP contribution in [0.4, 0.5) is 10.5 Å². The number of urea groups is 1. The van der Waals surface area contributed by atoms with Gasteiger partial charge in [0.1, 0.15) is 0 Å². The van der Waals surface area contributed by atoms with Gasteiger partial charge in [0.15, 0.2) is 0 Å². The number of hydrogen-bond acceptors (Lipinski definition) is 3. The Morgan fingerprint density at radius 1 is 1.14 bits per heavy atom. The zero-order chi connectivity index (χ0) is 20.5. The van der Waals surface area contributed by atoms with Crippen molar-refractivity contribution in [2.45, 2.75) is 10.1 Å². The molecule has 0 aliphatic carbocycles. The number of nitrogens with zero attached hydrogens (tertiary/aromatic N) is 2. The summed E-state index contributed by atoms with van der Waals surface area (Å²) in [4.78, 5) is 30.9. The number of rotatable bonds is 2. The second kappa shape index (κ2) is 8.17. The van der Waals surface area contributed by atoms with E-state index in [1.165, 1.54) is 4.90 Å². The highest BCUT2D eigenvalue weighted by Crippen LogP contribution is 2.30. The SMILES string of the molecule is CN1C(=O)C(NC(=O)NC(Cl)(Cl)Cl)N=C(c2ccccc2)c2cc(Cl)ccc21. The highest BCUT2D eigenvalue weighted by Gasteiger charge is 2.32. The molecule has 0 aromatic heterocycles. The van der Waals surface area contributed by atoms with E-state index in [1.54, 1.807) is 25.2 Å². The van der Waals surface area contributed by atoms with Crippen LogP contribution in [0.15, 0.2) is 53.5 Å². The van der Waals surface area contributed by atoms with Crippen LogP contribution in [-0.2, 0) is 4.79 Å². The van der Waals surface area contributed by atoms with Crippen molar-refractivity contribution >= 4 is 69.7 Å². The first-order valence-electron chi connectivity index (χ1n) is 8.02. The molecule has 1 atom stereocenters. The van der Waals surface area contributed by atoms with E-state index in [2.05, 4.69) is 15.6 Å². The topological polar surface area (TPSA) is 73.8 Å². The molecule has 0 saturated carbocycles. The van der Waals surface area contributed by atoms with E-state index in [1.807, 2.05) is 30.3 Å². The number of alkyl halides is 3. The molecule has 6 nitrogen and oxygen atoms in total. The molecule has 0 fully saturated rings. The maximum Gasteiger partial charge on any atom is 0.320 e. The fourth-order valence-electron chi connectivity index (χ4n) is 2.76. The number of likely N-dealkylation sites (N-methyl/N-ethyl adjacent to an activating group) is 1. The summed E-state index contributed by atoms with van der Waals surface area (Å²) in [6.45, 7) is 0. The van der Waals surface area contributed by atoms with Gasteiger partial charge in [-0.25, -0.2) is 9.79 Å². The predicted octanol–water partition coefficient (Wildman–Crippen LogP) is 4.11. The molecule has 2 N–H and O–H groups in total. The number of amides is 3. The summed E-state index contributed by atoms with van der Waals surface area (Å²) in [5.74, 6) is -0.464. The molecule has 2 aromatic carbocycles. The Balaban J connectivity index is 2.09. The van der Waals surface area contributed by atoms with Crippen molar-refractivity contribution in [2.75, 3.05) is 11.9 Å². The van der Waals surface area contributed by atoms with Crippen LogP contribution in [0.25, 0.3) is 0 Å². The highest BCUT2D eigenvalue weighted by molar-refractivity contribution is 6.67. The molecule has 0 radical (unpaired) electrons. The number of benzene rings is 2. The van der Waals surface area contributed by atoms with E-state index >= 15 is 0 Å². The number of nitrogens with one attached hydrogen (secondary N) is 2. The van der Waals surface area contributed by atoms with Gasteiger partial charge in [0.2, 0.25) is 6.17 Å². The maximum absolute atomic E-state index is 12.9. The minimum atomic E-state index is -2.02. The minimum Gasteiger partial charge on any atom is -0.311 e. The van der Waals surface area contributed by atoms with Crippen molar-refractivity contribution in [3.8, 4) is 0 Å². The van der Waals surface area contributed by atoms with Crippen LogP contribution in [-0.4, -0.2) is 34.8 Å². The molecule has 10 heteroatoms. The molecule has 3 rings (SSSR count). The average Bonchev–Trinajstić information content (AvgIpc) is 2.71. The Bertz CT molecular complexity index is 944. The molecule has 28 heavy (non-hydrogen) atoms. The van der Waals surface area contributed by atoms with Gasteiger partial charge in [-0.3, -0.25) is 10.1 Å². The van der Waals surface area contributed by atoms with Crippen LogP contribution < -0.4 is 15.5 Å². The van der Waals surface area contributed by atoms with Gasteiger partial charge in [-0.2, -0.15) is 0 Å². The normalized spacial score (nSPS) is 16.8. The maximum atomic E-state index is 12.9. The van der Waals surface area contributed by atoms with Crippen molar-refractivity contribution in [1.29, 1.82) is 0 Å². The molecule has 0 bridgehead atoms. The summed E-state index contributed by atoms with van der Waals surface area (Å²) in [5, 5.41) is 5.01. The Labute approximate surface area is 181 Å². The Hall–Kier alpha value is -1.99. The van der Waals surface area contributed by atoms with Gasteiger partial charge in [0, 0.05) is 23.2 Å². The molecule has 3 amide bonds. The van der Waals surface area contributed by atoms with Gasteiger partial charge in [0.25, 0.3) is 9.82 Å². The number of carbonyl (C=O) groups is 2. The summed E-state index contributed by atoms with van der Waals surface area (Å²) in [7, 11) is 1.58. The lowest BCUT2D eigenvalue weighted by Gasteiger charge is -2.22. The molecular formula is C18H14Cl4N4O2. The predicted molar refractivity (Wildman–Crippen MR) is 113 cm³/mol. The zero-order valence-corrected chi connectivity index (χ0v) is 17.4. The van der Waals surface area contributed by atoms with Crippen molar-refractivity contribution in [2.24, 2.45) is 4.99 Å². The largest absolute Gasteiger partial charge is 0.320 e. The fraction of sp³-hybridized carbons (Fsp3) is 0.167. The Morgan fingerprint density at radius 3 is 2.46 bits per heavy atom. The van der Waals surface area contributed by atoms with Gasteiger partial charge in [-0.1, -0.05) is 76.7 Å². The second-order valence-electron chi connectivity index (χ2n) is 5.90. The number of aliphatic imine (C=N–C) groups is 1. The lowest BCUT2D eigenvalue weighted by atomic mass is 10.0. The molecular weight excluding hydrogens is 446 g/mol. The third-order valence-electron chi connectivity index (χ3n) is 3.97. The van der Waals surface area contributed by atoms with Crippen LogP contribution in [0.5, 0.6) is 0 Å². The molecule has 2 aromatic rings. The smallest absolute Gasteiger partial charge is 0.311 e. The first-order valence-corrected chi connectivity index (χ1v) is 9.53. The summed E-state index contributed by atoms with van der Waals surface area (Å²) in [6.07, 6.45) is -1.24. The summed E-state index contributed by atoms with van der Waals surface area (Å²) in [5.41, 5.74) is 2.50. The third kappa shape index (κ3) is 4.70. The number of benzodiazepines with no additional fused rings is 1. The first kappa shape index (κ1) is 20.7. The van der Waals surface area contributed by atoms with Crippen molar-refractivity contribution in [3.63, 3.8) is 0 Å². The van der Waals surface area contributed by atoms with Crippen molar-refractivity contribution in [3.05, 3.63) is 64.7 Å². The average molecular weight is 460 g/mol. The van der Waals surface area contributed by atoms with Crippen LogP contribution in [0.3, 0.4) is 0 Å². The number of carbonyl (C=O) groups excluding carboxylic acids is 2. The van der Waals surface area contributed by atoms with E-state index in [-0.39, 0.29) is 0 Å². The number of anilines is 1. The molecule has 1 aliphatic heterocycles. The molecule has 0 spiro atoms. The lowest BCUT2D eigenvalue weighted by Crippen LogP contribution is -2.51. The number of hydrogen-bond donors (Lipinski definition) is 2. The standard InChI is InChI=1S/C18H14Cl4N4O2/c1-26-13-8-7-11(19)9-12(13)14(10-5-3-2-4-6-10)23-15(16(26)27)24-17(28)25-18(20,21)22/h2-9,15H,1H3,(H2,24,25,28). The van der Waals surface area contributed by atoms with Gasteiger partial charge >= 0.3 is 6.03 Å². The molecule has 1 heterocycles. The summed E-state index contributed by atoms with van der Waals surface area (Å²) < 4.78 is -2.02. The lowest BCUT2D eigenvalue weighted by molar-refractivity contribution is -0.119. The monoisotopic (exact) mass is 458 g/mol. The van der Waals surface area contributed by atoms with Gasteiger partial charge in [-0.05, 0) is 18.2 Å². The van der Waals surface area contributed by atoms with E-state index in [4.69, 9.17) is 46.4 Å². The van der Waals surface area contributed by atoms with E-state index in [0.29, 0.717) is 22.0 Å². The van der Waals surface area contributed by atoms with Gasteiger partial charge < -0.3 is 10.2 Å². The zero-order valence-electron chi connectivity index (χ0n) is 14.4. The van der Waals surface area contributed by atoms with Crippen molar-refractivity contribution < 1.29 is 9.59 Å². The fourth-order valence-corrected chi connectivity index (χ4v) is 3.19. The highest BCUT2D eigenvalue weighted by atomic mass is 35.6. The van der Waals surface area contributed by atoms with Crippen LogP contribution in [0.2, 0.25) is 5.02 Å². The number of fused-ring (bicyclic) bond motifs is 1. The van der Waals surface area contributed by atoms with Crippen LogP contribution >= 0.6 is 46.4 Å². The molecule has 1 aliphatic rings. The van der Waals surface area contributed by atoms with E-state index < -0.39 is 22.0 Å². The third-order valence-corrected chi connectivity index (χ3v) is 4.49. The first-order chi connectivity index (χ1) is 13.2. The summed E-state index contributed by atoms with van der Waals surface area (Å²) in [6, 6.07) is 13.5. The molecule has 146 valence electrons. The van der Waals surface area contributed by atoms with E-state index in [0.717, 1.165) is 5.56 Å². The van der Waals surface area contributed by atoms with Gasteiger partial charge in [0.05, 0.1) is 11.4 Å². The number of halogens is 4. The Morgan fingerprint density at radius 2 is 1.82 bits per heavy atom. The van der Waals surface area contributed by atoms with Gasteiger partial charge in [-0.15, -0.1) is 0 Å². The molecule has 1 unspecified atom stereocenters. The van der Waals surface area contributed by atoms with Crippen molar-refractivity contribution in [1.82, 2.24) is 10.6 Å². The van der Waals surface area contributed by atoms with Crippen LogP contribution in [0, 0.1) is 0 Å². The quantitative estimate of drug-likeness (QED) is 0.523. The Kier molecular flexibility index (Phi) is 6.05. The van der Waals surface area contributed by atoms with E-state index in [9.17, 15) is 9.59 Å².